The van der Waals surface area contributed by atoms with Crippen molar-refractivity contribution in [2.24, 2.45) is 17.8 Å². The van der Waals surface area contributed by atoms with Crippen molar-refractivity contribution >= 4 is 35.1 Å². The summed E-state index contributed by atoms with van der Waals surface area (Å²) in [5.41, 5.74) is -0.183. The second-order valence-corrected chi connectivity index (χ2v) is 12.6. The number of alkyl halides is 3. The number of nitrogens with one attached hydrogen (secondary N) is 1. The molecule has 0 spiro atoms. The molecule has 1 saturated carbocycles. The molecule has 1 aliphatic rings. The molecule has 1 aromatic heterocycles. The number of aromatic nitrogens is 1. The summed E-state index contributed by atoms with van der Waals surface area (Å²) in [5, 5.41) is 4.78. The van der Waals surface area contributed by atoms with E-state index in [0.717, 1.165) is 36.3 Å². The van der Waals surface area contributed by atoms with Gasteiger partial charge >= 0.3 is 18.1 Å². The molecule has 1 fully saturated rings. The first kappa shape index (κ1) is 35.0. The van der Waals surface area contributed by atoms with Gasteiger partial charge in [0.2, 0.25) is 5.91 Å². The maximum absolute atomic E-state index is 13.3. The van der Waals surface area contributed by atoms with Crippen molar-refractivity contribution < 1.29 is 41.8 Å². The summed E-state index contributed by atoms with van der Waals surface area (Å²) in [4.78, 5) is 56.4. The molecular weight excluding hydrogens is 599 g/mol. The number of amides is 2. The summed E-state index contributed by atoms with van der Waals surface area (Å²) in [6.07, 6.45) is -2.90. The van der Waals surface area contributed by atoms with E-state index in [9.17, 15) is 32.3 Å². The number of ether oxygens (including phenoxy) is 2. The van der Waals surface area contributed by atoms with Crippen LogP contribution in [0, 0.1) is 17.8 Å². The van der Waals surface area contributed by atoms with Crippen LogP contribution in [-0.4, -0.2) is 59.9 Å². The molecule has 0 saturated heterocycles. The van der Waals surface area contributed by atoms with Crippen LogP contribution in [0.1, 0.15) is 86.1 Å². The Morgan fingerprint density at radius 1 is 1.09 bits per heavy atom. The van der Waals surface area contributed by atoms with Crippen LogP contribution >= 0.6 is 11.3 Å². The van der Waals surface area contributed by atoms with Gasteiger partial charge in [0.15, 0.2) is 6.10 Å². The predicted octanol–water partition coefficient (Wildman–Crippen LogP) is 5.59. The Hall–Kier alpha value is -3.48. The molecule has 1 N–H and O–H groups in total. The van der Waals surface area contributed by atoms with Gasteiger partial charge in [0.25, 0.3) is 5.91 Å². The smallest absolute Gasteiger partial charge is 0.416 e. The number of carbonyl (C=O) groups excluding carboxylic acids is 4. The fourth-order valence-corrected chi connectivity index (χ4v) is 5.95. The molecule has 1 aromatic carbocycles. The van der Waals surface area contributed by atoms with Gasteiger partial charge in [-0.3, -0.25) is 19.2 Å². The first-order valence-electron chi connectivity index (χ1n) is 14.5. The molecule has 3 rings (SSSR count). The molecule has 0 aliphatic heterocycles. The van der Waals surface area contributed by atoms with E-state index in [4.69, 9.17) is 9.47 Å². The summed E-state index contributed by atoms with van der Waals surface area (Å²) in [6.45, 7) is 6.89. The Morgan fingerprint density at radius 2 is 1.73 bits per heavy atom. The lowest BCUT2D eigenvalue weighted by Crippen LogP contribution is -2.42. The van der Waals surface area contributed by atoms with Gasteiger partial charge in [-0.1, -0.05) is 32.9 Å². The summed E-state index contributed by atoms with van der Waals surface area (Å²) in [7, 11) is 3.01. The van der Waals surface area contributed by atoms with Crippen LogP contribution in [0.25, 0.3) is 0 Å². The van der Waals surface area contributed by atoms with Gasteiger partial charge in [0, 0.05) is 43.8 Å². The average molecular weight is 640 g/mol. The average Bonchev–Trinajstić information content (AvgIpc) is 3.68. The molecular formula is C31H40F3N3O6S. The number of nitrogens with zero attached hydrogens (tertiary/aromatic N) is 2. The first-order chi connectivity index (χ1) is 20.6. The van der Waals surface area contributed by atoms with Crippen LogP contribution in [-0.2, 0) is 36.5 Å². The highest BCUT2D eigenvalue weighted by Crippen LogP contribution is 2.35. The van der Waals surface area contributed by atoms with Gasteiger partial charge in [-0.2, -0.15) is 13.2 Å². The van der Waals surface area contributed by atoms with E-state index in [1.54, 1.807) is 18.9 Å². The maximum Gasteiger partial charge on any atom is 0.416 e. The van der Waals surface area contributed by atoms with Crippen LogP contribution in [0.15, 0.2) is 29.6 Å². The molecule has 1 heterocycles. The normalized spacial score (nSPS) is 16.0. The zero-order valence-electron chi connectivity index (χ0n) is 25.8. The summed E-state index contributed by atoms with van der Waals surface area (Å²) in [6, 6.07) is 3.76. The molecule has 44 heavy (non-hydrogen) atoms. The molecule has 0 radical (unpaired) electrons. The molecule has 1 unspecified atom stereocenters. The van der Waals surface area contributed by atoms with Crippen molar-refractivity contribution in [2.75, 3.05) is 14.2 Å². The number of esters is 2. The zero-order chi connectivity index (χ0) is 32.8. The highest BCUT2D eigenvalue weighted by molar-refractivity contribution is 7.09. The number of halogens is 3. The molecule has 2 amide bonds. The van der Waals surface area contributed by atoms with Gasteiger partial charge in [-0.15, -0.1) is 11.3 Å². The second kappa shape index (κ2) is 15.0. The van der Waals surface area contributed by atoms with Crippen molar-refractivity contribution in [1.29, 1.82) is 0 Å². The van der Waals surface area contributed by atoms with Gasteiger partial charge < -0.3 is 19.7 Å². The molecule has 13 heteroatoms. The Kier molecular flexibility index (Phi) is 11.9. The fourth-order valence-electron chi connectivity index (χ4n) is 5.11. The van der Waals surface area contributed by atoms with E-state index >= 15 is 0 Å². The van der Waals surface area contributed by atoms with Crippen LogP contribution in [0.5, 0.6) is 0 Å². The lowest BCUT2D eigenvalue weighted by Gasteiger charge is -2.33. The third-order valence-electron chi connectivity index (χ3n) is 7.68. The molecule has 242 valence electrons. The van der Waals surface area contributed by atoms with E-state index in [1.807, 2.05) is 13.8 Å². The van der Waals surface area contributed by atoms with Crippen molar-refractivity contribution in [3.63, 3.8) is 0 Å². The van der Waals surface area contributed by atoms with Crippen molar-refractivity contribution in [2.45, 2.75) is 84.2 Å². The third kappa shape index (κ3) is 9.76. The number of hydrogen-bond donors (Lipinski definition) is 1. The van der Waals surface area contributed by atoms with Gasteiger partial charge in [-0.05, 0) is 49.3 Å². The Bertz CT molecular complexity index is 1310. The number of benzene rings is 1. The molecule has 0 bridgehead atoms. The summed E-state index contributed by atoms with van der Waals surface area (Å²) in [5.74, 6) is -2.01. The molecule has 2 aromatic rings. The SMILES string of the molecule is COC(=O)[C@@H](C)C[C@H](Cc1ccc(C(F)(F)F)cc1)NC(=O)c1csc([C@@H](CC(C(C)C)N(C)C(=O)C2CC2)OC(C)=O)n1. The zero-order valence-corrected chi connectivity index (χ0v) is 26.6. The third-order valence-corrected chi connectivity index (χ3v) is 8.61. The highest BCUT2D eigenvalue weighted by atomic mass is 32.1. The van der Waals surface area contributed by atoms with Crippen molar-refractivity contribution in [3.8, 4) is 0 Å². The van der Waals surface area contributed by atoms with Gasteiger partial charge in [0.1, 0.15) is 10.7 Å². The fraction of sp³-hybridized carbons (Fsp3) is 0.581. The first-order valence-corrected chi connectivity index (χ1v) is 15.4. The number of hydrogen-bond acceptors (Lipinski definition) is 8. The van der Waals surface area contributed by atoms with E-state index in [-0.39, 0.29) is 42.3 Å². The molecule has 4 atom stereocenters. The second-order valence-electron chi connectivity index (χ2n) is 11.7. The lowest BCUT2D eigenvalue weighted by atomic mass is 9.95. The number of rotatable bonds is 14. The number of carbonyl (C=O) groups is 4. The summed E-state index contributed by atoms with van der Waals surface area (Å²) < 4.78 is 49.5. The summed E-state index contributed by atoms with van der Waals surface area (Å²) >= 11 is 1.14. The minimum absolute atomic E-state index is 0.0287. The van der Waals surface area contributed by atoms with E-state index in [0.29, 0.717) is 17.0 Å². The predicted molar refractivity (Wildman–Crippen MR) is 158 cm³/mol. The number of thiazole rings is 1. The molecule has 9 nitrogen and oxygen atoms in total. The van der Waals surface area contributed by atoms with E-state index < -0.39 is 47.6 Å². The lowest BCUT2D eigenvalue weighted by molar-refractivity contribution is -0.149. The standard InChI is InChI=1S/C31H40F3N3O6S/c1-17(2)25(37(5)29(40)21-9-10-21)15-26(43-19(4)38)28-36-24(16-44-28)27(39)35-23(13-18(3)30(41)42-6)14-20-7-11-22(12-8-20)31(32,33)34/h7-8,11-12,16-18,21,23,25-26H,9-10,13-15H2,1-6H3,(H,35,39)/t18-,23+,25?,26+/m0/s1. The Balaban J connectivity index is 1.79. The highest BCUT2D eigenvalue weighted by Gasteiger charge is 2.37. The quantitative estimate of drug-likeness (QED) is 0.268. The minimum Gasteiger partial charge on any atom is -0.469 e. The van der Waals surface area contributed by atoms with Crippen molar-refractivity contribution in [3.05, 3.63) is 51.5 Å². The van der Waals surface area contributed by atoms with Gasteiger partial charge in [-0.25, -0.2) is 4.98 Å². The van der Waals surface area contributed by atoms with E-state index in [1.165, 1.54) is 31.5 Å². The Morgan fingerprint density at radius 3 is 2.25 bits per heavy atom. The van der Waals surface area contributed by atoms with Crippen LogP contribution in [0.3, 0.4) is 0 Å². The topological polar surface area (TPSA) is 115 Å². The Labute approximate surface area is 259 Å². The van der Waals surface area contributed by atoms with Crippen LogP contribution < -0.4 is 5.32 Å². The molecule has 1 aliphatic carbocycles. The van der Waals surface area contributed by atoms with Gasteiger partial charge in [0.05, 0.1) is 18.6 Å². The van der Waals surface area contributed by atoms with Crippen LogP contribution in [0.4, 0.5) is 13.2 Å². The number of methoxy groups -OCH3 is 1. The monoisotopic (exact) mass is 639 g/mol. The maximum atomic E-state index is 13.3. The van der Waals surface area contributed by atoms with Crippen LogP contribution in [0.2, 0.25) is 0 Å². The van der Waals surface area contributed by atoms with Crippen molar-refractivity contribution in [1.82, 2.24) is 15.2 Å². The van der Waals surface area contributed by atoms with E-state index in [2.05, 4.69) is 10.3 Å². The minimum atomic E-state index is -4.48. The largest absolute Gasteiger partial charge is 0.469 e.